The standard InChI is InChI=1S/C46H53N5O/c1-27-23-39(30(4)42(24-27)25-28(2)33-7-11-35(12-8-33)40-19-20-41(26-40)36-13-14-36)21-22-43-49-31(5)29(3)46(51-43)50-32(6)34-9-15-37(16-10-34)44(47)52-45(48)38-17-18-38/h7-12,15-16,19-20,23-24,28,32,36,38,47-48H,13-14,17-18,21-22,25-26H2,1-6H3,(H,49,50,51). The molecule has 3 aromatic carbocycles. The fourth-order valence-electron chi connectivity index (χ4n) is 7.43. The summed E-state index contributed by atoms with van der Waals surface area (Å²) in [7, 11) is 0. The Balaban J connectivity index is 0.975. The average molecular weight is 692 g/mol. The van der Waals surface area contributed by atoms with Gasteiger partial charge >= 0.3 is 0 Å². The van der Waals surface area contributed by atoms with Crippen LogP contribution in [0.4, 0.5) is 5.82 Å². The Morgan fingerprint density at radius 1 is 0.808 bits per heavy atom. The van der Waals surface area contributed by atoms with E-state index in [4.69, 9.17) is 25.5 Å². The van der Waals surface area contributed by atoms with Crippen molar-refractivity contribution in [1.82, 2.24) is 9.97 Å². The summed E-state index contributed by atoms with van der Waals surface area (Å²) in [6.45, 7) is 13.1. The number of nitrogens with zero attached hydrogens (tertiary/aromatic N) is 2. The molecule has 7 rings (SSSR count). The lowest BCUT2D eigenvalue weighted by molar-refractivity contribution is 0.512. The maximum Gasteiger partial charge on any atom is 0.220 e. The van der Waals surface area contributed by atoms with Gasteiger partial charge in [0.25, 0.3) is 0 Å². The Kier molecular flexibility index (Phi) is 10.3. The van der Waals surface area contributed by atoms with Crippen LogP contribution in [0.5, 0.6) is 0 Å². The van der Waals surface area contributed by atoms with E-state index in [1.54, 1.807) is 5.57 Å². The number of benzene rings is 3. The minimum Gasteiger partial charge on any atom is -0.425 e. The van der Waals surface area contributed by atoms with E-state index < -0.39 is 0 Å². The minimum atomic E-state index is 0.00604. The summed E-state index contributed by atoms with van der Waals surface area (Å²) in [6, 6.07) is 21.9. The first kappa shape index (κ1) is 35.6. The highest BCUT2D eigenvalue weighted by molar-refractivity contribution is 6.00. The van der Waals surface area contributed by atoms with E-state index in [2.05, 4.69) is 95.4 Å². The normalized spacial score (nSPS) is 16.6. The number of anilines is 1. The van der Waals surface area contributed by atoms with Gasteiger partial charge in [-0.1, -0.05) is 78.7 Å². The van der Waals surface area contributed by atoms with Gasteiger partial charge in [-0.05, 0) is 142 Å². The number of ether oxygens (including phenoxy) is 1. The van der Waals surface area contributed by atoms with Crippen LogP contribution < -0.4 is 5.32 Å². The van der Waals surface area contributed by atoms with E-state index in [0.29, 0.717) is 11.5 Å². The molecular formula is C46H53N5O. The molecule has 4 aromatic rings. The molecule has 268 valence electrons. The fraction of sp³-hybridized carbons (Fsp3) is 0.391. The van der Waals surface area contributed by atoms with E-state index in [1.807, 2.05) is 24.3 Å². The smallest absolute Gasteiger partial charge is 0.220 e. The van der Waals surface area contributed by atoms with Gasteiger partial charge in [0, 0.05) is 35.2 Å². The largest absolute Gasteiger partial charge is 0.425 e. The Hall–Kier alpha value is -4.84. The number of allylic oxidation sites excluding steroid dienone is 4. The van der Waals surface area contributed by atoms with Crippen molar-refractivity contribution >= 4 is 23.2 Å². The second-order valence-electron chi connectivity index (χ2n) is 15.6. The minimum absolute atomic E-state index is 0.00604. The highest BCUT2D eigenvalue weighted by atomic mass is 16.5. The lowest BCUT2D eigenvalue weighted by atomic mass is 9.87. The first-order valence-corrected chi connectivity index (χ1v) is 19.2. The summed E-state index contributed by atoms with van der Waals surface area (Å²) in [5.41, 5.74) is 15.1. The number of aryl methyl sites for hydroxylation is 4. The first-order chi connectivity index (χ1) is 25.0. The van der Waals surface area contributed by atoms with Gasteiger partial charge in [0.1, 0.15) is 11.6 Å². The predicted molar refractivity (Wildman–Crippen MR) is 214 cm³/mol. The molecule has 2 unspecified atom stereocenters. The third-order valence-electron chi connectivity index (χ3n) is 11.4. The van der Waals surface area contributed by atoms with Crippen molar-refractivity contribution in [3.05, 3.63) is 140 Å². The maximum absolute atomic E-state index is 8.27. The van der Waals surface area contributed by atoms with Gasteiger partial charge in [0.05, 0.1) is 0 Å². The molecule has 2 saturated carbocycles. The molecule has 6 nitrogen and oxygen atoms in total. The predicted octanol–water partition coefficient (Wildman–Crippen LogP) is 10.9. The van der Waals surface area contributed by atoms with Gasteiger partial charge in [0.2, 0.25) is 5.90 Å². The monoisotopic (exact) mass is 691 g/mol. The topological polar surface area (TPSA) is 94.7 Å². The zero-order valence-electron chi connectivity index (χ0n) is 31.7. The van der Waals surface area contributed by atoms with E-state index >= 15 is 0 Å². The molecule has 0 spiro atoms. The summed E-state index contributed by atoms with van der Waals surface area (Å²) < 4.78 is 5.47. The van der Waals surface area contributed by atoms with Crippen LogP contribution in [0.1, 0.15) is 120 Å². The second kappa shape index (κ2) is 15.0. The number of aromatic nitrogens is 2. The van der Waals surface area contributed by atoms with Crippen molar-refractivity contribution in [3.63, 3.8) is 0 Å². The van der Waals surface area contributed by atoms with Crippen molar-refractivity contribution in [2.45, 2.75) is 105 Å². The fourth-order valence-corrected chi connectivity index (χ4v) is 7.43. The molecule has 3 aliphatic carbocycles. The molecule has 1 aromatic heterocycles. The molecule has 52 heavy (non-hydrogen) atoms. The Labute approximate surface area is 309 Å². The third kappa shape index (κ3) is 8.28. The molecule has 2 fully saturated rings. The van der Waals surface area contributed by atoms with Gasteiger partial charge in [-0.15, -0.1) is 0 Å². The number of rotatable bonds is 13. The molecule has 2 atom stereocenters. The van der Waals surface area contributed by atoms with Gasteiger partial charge in [-0.25, -0.2) is 9.97 Å². The summed E-state index contributed by atoms with van der Waals surface area (Å²) in [5.74, 6) is 3.41. The molecule has 3 aliphatic rings. The molecule has 6 heteroatoms. The van der Waals surface area contributed by atoms with Crippen molar-refractivity contribution < 1.29 is 4.74 Å². The van der Waals surface area contributed by atoms with Crippen LogP contribution in [0.15, 0.2) is 78.4 Å². The van der Waals surface area contributed by atoms with E-state index in [9.17, 15) is 0 Å². The van der Waals surface area contributed by atoms with Crippen LogP contribution >= 0.6 is 0 Å². The SMILES string of the molecule is Cc1cc(CCc2nc(C)c(C)c(NC(C)c3ccc(C(=N)OC(=N)C4CC4)cc3)n2)c(C)c(CC(C)c2ccc(C3=CC=C(C4CC4)C3)cc2)c1. The van der Waals surface area contributed by atoms with Crippen molar-refractivity contribution in [1.29, 1.82) is 10.8 Å². The van der Waals surface area contributed by atoms with Gasteiger partial charge in [-0.2, -0.15) is 0 Å². The Bertz CT molecular complexity index is 2050. The molecule has 0 bridgehead atoms. The zero-order valence-corrected chi connectivity index (χ0v) is 31.7. The molecule has 3 N–H and O–H groups in total. The van der Waals surface area contributed by atoms with Crippen LogP contribution in [-0.4, -0.2) is 21.8 Å². The van der Waals surface area contributed by atoms with Crippen LogP contribution in [-0.2, 0) is 24.0 Å². The van der Waals surface area contributed by atoms with Crippen LogP contribution in [0, 0.1) is 50.3 Å². The Morgan fingerprint density at radius 2 is 1.50 bits per heavy atom. The summed E-state index contributed by atoms with van der Waals surface area (Å²) in [6.07, 6.45) is 13.2. The molecule has 1 heterocycles. The highest BCUT2D eigenvalue weighted by Gasteiger charge is 2.29. The average Bonchev–Trinajstić information content (AvgIpc) is 4.09. The van der Waals surface area contributed by atoms with Gasteiger partial charge < -0.3 is 10.1 Å². The van der Waals surface area contributed by atoms with Crippen LogP contribution in [0.2, 0.25) is 0 Å². The van der Waals surface area contributed by atoms with Crippen molar-refractivity contribution in [2.24, 2.45) is 11.8 Å². The molecule has 0 aliphatic heterocycles. The second-order valence-corrected chi connectivity index (χ2v) is 15.6. The van der Waals surface area contributed by atoms with Gasteiger partial charge in [-0.3, -0.25) is 10.8 Å². The number of hydrogen-bond acceptors (Lipinski definition) is 6. The van der Waals surface area contributed by atoms with E-state index in [1.165, 1.54) is 51.8 Å². The summed E-state index contributed by atoms with van der Waals surface area (Å²) in [5, 5.41) is 19.9. The summed E-state index contributed by atoms with van der Waals surface area (Å²) in [4.78, 5) is 9.92. The van der Waals surface area contributed by atoms with Crippen LogP contribution in [0.25, 0.3) is 5.57 Å². The maximum atomic E-state index is 8.27. The zero-order chi connectivity index (χ0) is 36.5. The third-order valence-corrected chi connectivity index (χ3v) is 11.4. The summed E-state index contributed by atoms with van der Waals surface area (Å²) >= 11 is 0. The molecule has 0 radical (unpaired) electrons. The van der Waals surface area contributed by atoms with E-state index in [0.717, 1.165) is 72.9 Å². The lowest BCUT2D eigenvalue weighted by Crippen LogP contribution is -2.14. The Morgan fingerprint density at radius 3 is 2.19 bits per heavy atom. The lowest BCUT2D eigenvalue weighted by Gasteiger charge is -2.19. The highest BCUT2D eigenvalue weighted by Crippen LogP contribution is 2.43. The quantitative estimate of drug-likeness (QED) is 0.0960. The molecular weight excluding hydrogens is 639 g/mol. The van der Waals surface area contributed by atoms with Crippen LogP contribution in [0.3, 0.4) is 0 Å². The number of hydrogen-bond donors (Lipinski definition) is 3. The number of nitrogens with one attached hydrogen (secondary N) is 3. The molecule has 0 saturated heterocycles. The van der Waals surface area contributed by atoms with E-state index in [-0.39, 0.29) is 23.8 Å². The van der Waals surface area contributed by atoms with Crippen molar-refractivity contribution in [2.75, 3.05) is 5.32 Å². The molecule has 0 amide bonds. The van der Waals surface area contributed by atoms with Gasteiger partial charge in [0.15, 0.2) is 5.90 Å². The van der Waals surface area contributed by atoms with Crippen molar-refractivity contribution in [3.8, 4) is 0 Å². The first-order valence-electron chi connectivity index (χ1n) is 19.2.